The summed E-state index contributed by atoms with van der Waals surface area (Å²) in [6.07, 6.45) is 1.56. The lowest BCUT2D eigenvalue weighted by molar-refractivity contribution is -0.148. The van der Waals surface area contributed by atoms with Gasteiger partial charge in [-0.3, -0.25) is 4.79 Å². The van der Waals surface area contributed by atoms with Gasteiger partial charge in [-0.15, -0.1) is 11.8 Å². The summed E-state index contributed by atoms with van der Waals surface area (Å²) in [4.78, 5) is 15.6. The van der Waals surface area contributed by atoms with E-state index < -0.39 is 11.5 Å². The molecule has 6 heteroatoms. The lowest BCUT2D eigenvalue weighted by atomic mass is 10.1. The van der Waals surface area contributed by atoms with Crippen molar-refractivity contribution in [3.05, 3.63) is 23.4 Å². The Morgan fingerprint density at radius 2 is 2.35 bits per heavy atom. The number of pyridine rings is 1. The lowest BCUT2D eigenvalue weighted by Gasteiger charge is -2.21. The Kier molecular flexibility index (Phi) is 5.24. The molecule has 1 unspecified atom stereocenters. The first-order chi connectivity index (χ1) is 7.95. The minimum atomic E-state index is -1.01. The Balaban J connectivity index is 2.54. The maximum atomic E-state index is 11.5. The fraction of sp³-hybridized carbons (Fsp3) is 0.455. The summed E-state index contributed by atoms with van der Waals surface area (Å²) in [6.45, 7) is 3.73. The third kappa shape index (κ3) is 4.53. The van der Waals surface area contributed by atoms with Gasteiger partial charge in [-0.25, -0.2) is 4.98 Å². The maximum absolute atomic E-state index is 11.5. The zero-order valence-corrected chi connectivity index (χ0v) is 11.3. The van der Waals surface area contributed by atoms with Gasteiger partial charge in [0.15, 0.2) is 0 Å². The Morgan fingerprint density at radius 1 is 1.65 bits per heavy atom. The van der Waals surface area contributed by atoms with Gasteiger partial charge in [0.25, 0.3) is 0 Å². The van der Waals surface area contributed by atoms with Crippen LogP contribution in [-0.2, 0) is 9.53 Å². The van der Waals surface area contributed by atoms with Gasteiger partial charge >= 0.3 is 5.97 Å². The summed E-state index contributed by atoms with van der Waals surface area (Å²) < 4.78 is 4.90. The van der Waals surface area contributed by atoms with Crippen molar-refractivity contribution >= 4 is 29.3 Å². The monoisotopic (exact) mass is 274 g/mol. The molecule has 0 saturated carbocycles. The Hall–Kier alpha value is -0.780. The zero-order valence-electron chi connectivity index (χ0n) is 9.77. The van der Waals surface area contributed by atoms with Crippen LogP contribution in [0.25, 0.3) is 0 Å². The standard InChI is InChI=1S/C11H15ClN2O2S/c1-3-16-10(15)11(2,13)7-17-9-5-4-8(12)6-14-9/h4-6H,3,7,13H2,1-2H3. The van der Waals surface area contributed by atoms with E-state index in [1.807, 2.05) is 0 Å². The van der Waals surface area contributed by atoms with E-state index in [-0.39, 0.29) is 0 Å². The number of esters is 1. The fourth-order valence-electron chi connectivity index (χ4n) is 1.03. The van der Waals surface area contributed by atoms with Crippen molar-refractivity contribution in [2.45, 2.75) is 24.4 Å². The number of ether oxygens (including phenoxy) is 1. The average Bonchev–Trinajstić information content (AvgIpc) is 2.29. The van der Waals surface area contributed by atoms with E-state index in [0.29, 0.717) is 17.4 Å². The van der Waals surface area contributed by atoms with E-state index in [0.717, 1.165) is 5.03 Å². The second kappa shape index (κ2) is 6.23. The molecule has 0 amide bonds. The molecular weight excluding hydrogens is 260 g/mol. The Labute approximate surface area is 110 Å². The number of halogens is 1. The number of hydrogen-bond acceptors (Lipinski definition) is 5. The molecule has 94 valence electrons. The van der Waals surface area contributed by atoms with Crippen LogP contribution in [0.2, 0.25) is 5.02 Å². The van der Waals surface area contributed by atoms with Gasteiger partial charge in [-0.1, -0.05) is 11.6 Å². The van der Waals surface area contributed by atoms with Crippen molar-refractivity contribution in [2.75, 3.05) is 12.4 Å². The van der Waals surface area contributed by atoms with Gasteiger partial charge in [-0.2, -0.15) is 0 Å². The quantitative estimate of drug-likeness (QED) is 0.658. The molecule has 1 atom stereocenters. The molecule has 0 saturated heterocycles. The highest BCUT2D eigenvalue weighted by atomic mass is 35.5. The van der Waals surface area contributed by atoms with Crippen LogP contribution in [0.5, 0.6) is 0 Å². The van der Waals surface area contributed by atoms with Crippen LogP contribution < -0.4 is 5.73 Å². The Bertz CT molecular complexity index is 382. The van der Waals surface area contributed by atoms with Crippen LogP contribution in [-0.4, -0.2) is 28.9 Å². The summed E-state index contributed by atoms with van der Waals surface area (Å²) in [6, 6.07) is 3.53. The molecule has 0 spiro atoms. The van der Waals surface area contributed by atoms with Crippen LogP contribution in [0.4, 0.5) is 0 Å². The highest BCUT2D eigenvalue weighted by Crippen LogP contribution is 2.21. The maximum Gasteiger partial charge on any atom is 0.326 e. The summed E-state index contributed by atoms with van der Waals surface area (Å²) in [7, 11) is 0. The van der Waals surface area contributed by atoms with E-state index >= 15 is 0 Å². The van der Waals surface area contributed by atoms with Crippen LogP contribution in [0.3, 0.4) is 0 Å². The number of carbonyl (C=O) groups excluding carboxylic acids is 1. The second-order valence-electron chi connectivity index (χ2n) is 3.74. The number of carbonyl (C=O) groups is 1. The molecule has 0 aliphatic carbocycles. The van der Waals surface area contributed by atoms with Crippen molar-refractivity contribution in [1.29, 1.82) is 0 Å². The van der Waals surface area contributed by atoms with Gasteiger partial charge in [0, 0.05) is 11.9 Å². The van der Waals surface area contributed by atoms with E-state index in [1.54, 1.807) is 32.2 Å². The van der Waals surface area contributed by atoms with Gasteiger partial charge in [0.2, 0.25) is 0 Å². The molecule has 0 aliphatic heterocycles. The first-order valence-corrected chi connectivity index (χ1v) is 6.52. The minimum Gasteiger partial charge on any atom is -0.465 e. The normalized spacial score (nSPS) is 14.1. The van der Waals surface area contributed by atoms with Crippen LogP contribution in [0, 0.1) is 0 Å². The summed E-state index contributed by atoms with van der Waals surface area (Å²) in [5.74, 6) is 0.00182. The van der Waals surface area contributed by atoms with Crippen molar-refractivity contribution < 1.29 is 9.53 Å². The topological polar surface area (TPSA) is 65.2 Å². The van der Waals surface area contributed by atoms with E-state index in [2.05, 4.69) is 4.98 Å². The first-order valence-electron chi connectivity index (χ1n) is 5.16. The van der Waals surface area contributed by atoms with Crippen molar-refractivity contribution in [3.63, 3.8) is 0 Å². The number of rotatable bonds is 5. The average molecular weight is 275 g/mol. The number of aromatic nitrogens is 1. The predicted molar refractivity (Wildman–Crippen MR) is 69.2 cm³/mol. The van der Waals surface area contributed by atoms with Crippen LogP contribution in [0.15, 0.2) is 23.4 Å². The molecule has 0 aromatic carbocycles. The first kappa shape index (κ1) is 14.3. The van der Waals surface area contributed by atoms with E-state index in [9.17, 15) is 4.79 Å². The van der Waals surface area contributed by atoms with Crippen LogP contribution >= 0.6 is 23.4 Å². The number of hydrogen-bond donors (Lipinski definition) is 1. The Morgan fingerprint density at radius 3 is 2.88 bits per heavy atom. The molecule has 2 N–H and O–H groups in total. The molecule has 1 heterocycles. The van der Waals surface area contributed by atoms with Gasteiger partial charge < -0.3 is 10.5 Å². The molecule has 1 rings (SSSR count). The summed E-state index contributed by atoms with van der Waals surface area (Å²) in [5, 5.41) is 1.35. The minimum absolute atomic E-state index is 0.329. The molecule has 0 radical (unpaired) electrons. The van der Waals surface area contributed by atoms with Gasteiger partial charge in [-0.05, 0) is 26.0 Å². The third-order valence-corrected chi connectivity index (χ3v) is 3.47. The number of nitrogens with two attached hydrogens (primary N) is 1. The SMILES string of the molecule is CCOC(=O)C(C)(N)CSc1ccc(Cl)cn1. The number of nitrogens with zero attached hydrogens (tertiary/aromatic N) is 1. The molecule has 17 heavy (non-hydrogen) atoms. The van der Waals surface area contributed by atoms with Crippen molar-refractivity contribution in [1.82, 2.24) is 4.98 Å². The van der Waals surface area contributed by atoms with Gasteiger partial charge in [0.05, 0.1) is 16.7 Å². The third-order valence-electron chi connectivity index (χ3n) is 1.96. The molecular formula is C11H15ClN2O2S. The van der Waals surface area contributed by atoms with E-state index in [1.165, 1.54) is 11.8 Å². The smallest absolute Gasteiger partial charge is 0.326 e. The zero-order chi connectivity index (χ0) is 12.9. The molecule has 1 aromatic heterocycles. The van der Waals surface area contributed by atoms with Gasteiger partial charge in [0.1, 0.15) is 5.54 Å². The van der Waals surface area contributed by atoms with Crippen LogP contribution in [0.1, 0.15) is 13.8 Å². The molecule has 4 nitrogen and oxygen atoms in total. The van der Waals surface area contributed by atoms with E-state index in [4.69, 9.17) is 22.1 Å². The second-order valence-corrected chi connectivity index (χ2v) is 5.17. The highest BCUT2D eigenvalue weighted by molar-refractivity contribution is 7.99. The predicted octanol–water partition coefficient (Wildman–Crippen LogP) is 2.11. The summed E-state index contributed by atoms with van der Waals surface area (Å²) >= 11 is 7.12. The van der Waals surface area contributed by atoms with Crippen molar-refractivity contribution in [2.24, 2.45) is 5.73 Å². The largest absolute Gasteiger partial charge is 0.465 e. The van der Waals surface area contributed by atoms with Crippen molar-refractivity contribution in [3.8, 4) is 0 Å². The highest BCUT2D eigenvalue weighted by Gasteiger charge is 2.30. The lowest BCUT2D eigenvalue weighted by Crippen LogP contribution is -2.48. The molecule has 1 aromatic rings. The molecule has 0 bridgehead atoms. The number of thioether (sulfide) groups is 1. The molecule has 0 fully saturated rings. The molecule has 0 aliphatic rings. The fourth-order valence-corrected chi connectivity index (χ4v) is 2.00. The summed E-state index contributed by atoms with van der Waals surface area (Å²) in [5.41, 5.74) is 4.86.